The molecule has 0 unspecified atom stereocenters. The van der Waals surface area contributed by atoms with Crippen LogP contribution in [0.15, 0.2) is 17.8 Å². The highest BCUT2D eigenvalue weighted by Gasteiger charge is 2.18. The minimum absolute atomic E-state index is 0.763. The quantitative estimate of drug-likeness (QED) is 0.743. The van der Waals surface area contributed by atoms with Crippen LogP contribution in [0, 0.1) is 0 Å². The minimum atomic E-state index is 0.763. The number of rotatable bonds is 2. The van der Waals surface area contributed by atoms with Gasteiger partial charge in [0.25, 0.3) is 0 Å². The third-order valence-electron chi connectivity index (χ3n) is 3.00. The second-order valence-corrected chi connectivity index (χ2v) is 4.86. The Morgan fingerprint density at radius 2 is 2.06 bits per heavy atom. The van der Waals surface area contributed by atoms with Gasteiger partial charge in [-0.3, -0.25) is 4.79 Å². The molecule has 0 radical (unpaired) electrons. The molecule has 1 amide bonds. The summed E-state index contributed by atoms with van der Waals surface area (Å²) in [5.41, 5.74) is 0. The van der Waals surface area contributed by atoms with Crippen molar-refractivity contribution < 1.29 is 4.79 Å². The minimum Gasteiger partial charge on any atom is -0.352 e. The number of hydrogen-bond donors (Lipinski definition) is 0. The third-order valence-corrected chi connectivity index (χ3v) is 3.82. The van der Waals surface area contributed by atoms with Crippen LogP contribution in [0.1, 0.15) is 0 Å². The number of carbonyl (C=O) groups excluding carboxylic acids is 1. The molecule has 6 heteroatoms. The Bertz CT molecular complexity index is 533. The maximum atomic E-state index is 10.7. The second-order valence-electron chi connectivity index (χ2n) is 3.97. The van der Waals surface area contributed by atoms with E-state index in [2.05, 4.69) is 20.9 Å². The topological polar surface area (TPSA) is 49.3 Å². The zero-order valence-electron chi connectivity index (χ0n) is 9.24. The number of piperazine rings is 1. The molecule has 88 valence electrons. The van der Waals surface area contributed by atoms with Crippen LogP contribution < -0.4 is 4.90 Å². The average Bonchev–Trinajstić information content (AvgIpc) is 2.87. The van der Waals surface area contributed by atoms with Gasteiger partial charge in [-0.2, -0.15) is 0 Å². The fraction of sp³-hybridized carbons (Fsp3) is 0.364. The summed E-state index contributed by atoms with van der Waals surface area (Å²) >= 11 is 1.63. The van der Waals surface area contributed by atoms with E-state index >= 15 is 0 Å². The van der Waals surface area contributed by atoms with E-state index < -0.39 is 0 Å². The third kappa shape index (κ3) is 1.84. The number of carbonyl (C=O) groups is 1. The van der Waals surface area contributed by atoms with Crippen molar-refractivity contribution in [3.05, 3.63) is 17.8 Å². The van der Waals surface area contributed by atoms with Crippen LogP contribution >= 0.6 is 11.3 Å². The van der Waals surface area contributed by atoms with E-state index in [1.807, 2.05) is 5.38 Å². The van der Waals surface area contributed by atoms with Gasteiger partial charge >= 0.3 is 0 Å². The second kappa shape index (κ2) is 4.29. The summed E-state index contributed by atoms with van der Waals surface area (Å²) < 4.78 is 0. The van der Waals surface area contributed by atoms with Crippen molar-refractivity contribution in [1.29, 1.82) is 0 Å². The summed E-state index contributed by atoms with van der Waals surface area (Å²) in [5, 5.41) is 3.14. The molecule has 0 saturated carbocycles. The Kier molecular flexibility index (Phi) is 2.64. The van der Waals surface area contributed by atoms with Crippen molar-refractivity contribution in [1.82, 2.24) is 14.9 Å². The Hall–Kier alpha value is -1.69. The van der Waals surface area contributed by atoms with Crippen molar-refractivity contribution in [2.45, 2.75) is 0 Å². The highest BCUT2D eigenvalue weighted by molar-refractivity contribution is 7.16. The van der Waals surface area contributed by atoms with E-state index in [1.54, 1.807) is 22.6 Å². The molecule has 0 aliphatic carbocycles. The van der Waals surface area contributed by atoms with E-state index in [0.717, 1.165) is 48.6 Å². The summed E-state index contributed by atoms with van der Waals surface area (Å²) in [4.78, 5) is 24.3. The van der Waals surface area contributed by atoms with Gasteiger partial charge < -0.3 is 9.80 Å². The standard InChI is InChI=1S/C11H12N4OS/c16-8-14-2-4-15(5-3-14)10-9-1-6-17-11(9)13-7-12-10/h1,6-8H,2-5H2. The number of hydrogen-bond acceptors (Lipinski definition) is 5. The summed E-state index contributed by atoms with van der Waals surface area (Å²) in [6.07, 6.45) is 2.53. The Labute approximate surface area is 103 Å². The Balaban J connectivity index is 1.89. The van der Waals surface area contributed by atoms with Crippen molar-refractivity contribution in [3.63, 3.8) is 0 Å². The molecule has 2 aromatic rings. The number of aromatic nitrogens is 2. The van der Waals surface area contributed by atoms with Crippen molar-refractivity contribution in [3.8, 4) is 0 Å². The molecule has 0 spiro atoms. The van der Waals surface area contributed by atoms with Crippen molar-refractivity contribution in [2.24, 2.45) is 0 Å². The number of amides is 1. The van der Waals surface area contributed by atoms with Gasteiger partial charge in [-0.1, -0.05) is 0 Å². The van der Waals surface area contributed by atoms with E-state index in [9.17, 15) is 4.79 Å². The van der Waals surface area contributed by atoms with Crippen LogP contribution in [0.4, 0.5) is 5.82 Å². The van der Waals surface area contributed by atoms with Crippen LogP contribution in [0.5, 0.6) is 0 Å². The van der Waals surface area contributed by atoms with Crippen LogP contribution in [0.3, 0.4) is 0 Å². The number of anilines is 1. The van der Waals surface area contributed by atoms with Gasteiger partial charge in [-0.25, -0.2) is 9.97 Å². The zero-order chi connectivity index (χ0) is 11.7. The molecule has 1 aliphatic rings. The molecule has 2 aromatic heterocycles. The predicted octanol–water partition coefficient (Wildman–Crippen LogP) is 0.970. The highest BCUT2D eigenvalue weighted by atomic mass is 32.1. The van der Waals surface area contributed by atoms with Crippen LogP contribution in [-0.4, -0.2) is 47.5 Å². The first-order valence-electron chi connectivity index (χ1n) is 5.51. The van der Waals surface area contributed by atoms with Gasteiger partial charge in [0.2, 0.25) is 6.41 Å². The molecule has 0 aromatic carbocycles. The summed E-state index contributed by atoms with van der Waals surface area (Å²) in [6.45, 7) is 3.19. The van der Waals surface area contributed by atoms with Gasteiger partial charge in [0.05, 0.1) is 5.39 Å². The summed E-state index contributed by atoms with van der Waals surface area (Å²) in [5.74, 6) is 0.988. The van der Waals surface area contributed by atoms with Crippen molar-refractivity contribution >= 4 is 33.8 Å². The average molecular weight is 248 g/mol. The molecule has 3 rings (SSSR count). The molecule has 3 heterocycles. The lowest BCUT2D eigenvalue weighted by molar-refractivity contribution is -0.118. The molecule has 1 saturated heterocycles. The van der Waals surface area contributed by atoms with E-state index in [0.29, 0.717) is 0 Å². The maximum absolute atomic E-state index is 10.7. The summed E-state index contributed by atoms with van der Waals surface area (Å²) in [7, 11) is 0. The number of nitrogens with zero attached hydrogens (tertiary/aromatic N) is 4. The lowest BCUT2D eigenvalue weighted by Crippen LogP contribution is -2.46. The van der Waals surface area contributed by atoms with Gasteiger partial charge in [0.15, 0.2) is 0 Å². The molecule has 0 bridgehead atoms. The van der Waals surface area contributed by atoms with Crippen molar-refractivity contribution in [2.75, 3.05) is 31.1 Å². The molecular weight excluding hydrogens is 236 g/mol. The Morgan fingerprint density at radius 1 is 1.24 bits per heavy atom. The molecule has 5 nitrogen and oxygen atoms in total. The SMILES string of the molecule is O=CN1CCN(c2ncnc3sccc23)CC1. The predicted molar refractivity (Wildman–Crippen MR) is 67.3 cm³/mol. The molecule has 0 atom stereocenters. The van der Waals surface area contributed by atoms with Crippen LogP contribution in [0.2, 0.25) is 0 Å². The largest absolute Gasteiger partial charge is 0.352 e. The fourth-order valence-electron chi connectivity index (χ4n) is 2.07. The molecular formula is C11H12N4OS. The van der Waals surface area contributed by atoms with Crippen LogP contribution in [0.25, 0.3) is 10.2 Å². The molecule has 17 heavy (non-hydrogen) atoms. The van der Waals surface area contributed by atoms with E-state index in [1.165, 1.54) is 0 Å². The monoisotopic (exact) mass is 248 g/mol. The molecule has 1 fully saturated rings. The molecule has 0 N–H and O–H groups in total. The zero-order valence-corrected chi connectivity index (χ0v) is 10.1. The normalized spacial score (nSPS) is 16.5. The number of fused-ring (bicyclic) bond motifs is 1. The van der Waals surface area contributed by atoms with E-state index in [4.69, 9.17) is 0 Å². The smallest absolute Gasteiger partial charge is 0.209 e. The maximum Gasteiger partial charge on any atom is 0.209 e. The summed E-state index contributed by atoms with van der Waals surface area (Å²) in [6, 6.07) is 2.06. The van der Waals surface area contributed by atoms with E-state index in [-0.39, 0.29) is 0 Å². The Morgan fingerprint density at radius 3 is 2.82 bits per heavy atom. The lowest BCUT2D eigenvalue weighted by atomic mass is 10.3. The first kappa shape index (κ1) is 10.5. The number of thiophene rings is 1. The highest BCUT2D eigenvalue weighted by Crippen LogP contribution is 2.27. The van der Waals surface area contributed by atoms with Gasteiger partial charge in [0, 0.05) is 26.2 Å². The lowest BCUT2D eigenvalue weighted by Gasteiger charge is -2.33. The van der Waals surface area contributed by atoms with Gasteiger partial charge in [-0.05, 0) is 11.4 Å². The fourth-order valence-corrected chi connectivity index (χ4v) is 2.80. The van der Waals surface area contributed by atoms with Crippen LogP contribution in [-0.2, 0) is 4.79 Å². The first-order chi connectivity index (χ1) is 8.38. The van der Waals surface area contributed by atoms with Gasteiger partial charge in [-0.15, -0.1) is 11.3 Å². The van der Waals surface area contributed by atoms with Gasteiger partial charge in [0.1, 0.15) is 17.0 Å². The first-order valence-corrected chi connectivity index (χ1v) is 6.39. The molecule has 1 aliphatic heterocycles.